The van der Waals surface area contributed by atoms with E-state index in [-0.39, 0.29) is 5.91 Å². The maximum Gasteiger partial charge on any atom is 0.223 e. The Bertz CT molecular complexity index is 387. The Morgan fingerprint density at radius 2 is 2.27 bits per heavy atom. The average molecular weight is 204 g/mol. The van der Waals surface area contributed by atoms with E-state index >= 15 is 0 Å². The van der Waals surface area contributed by atoms with Crippen LogP contribution in [-0.2, 0) is 4.79 Å². The van der Waals surface area contributed by atoms with Gasteiger partial charge in [-0.15, -0.1) is 0 Å². The van der Waals surface area contributed by atoms with Crippen molar-refractivity contribution in [3.05, 3.63) is 23.8 Å². The van der Waals surface area contributed by atoms with Gasteiger partial charge in [-0.25, -0.2) is 0 Å². The number of para-hydroxylation sites is 1. The molecule has 0 bridgehead atoms. The second-order valence-corrected chi connectivity index (χ2v) is 3.92. The number of aryl methyl sites for hydroxylation is 1. The van der Waals surface area contributed by atoms with Crippen LogP contribution in [0.1, 0.15) is 18.9 Å². The number of benzene rings is 1. The van der Waals surface area contributed by atoms with E-state index < -0.39 is 0 Å². The molecule has 1 heterocycles. The zero-order valence-corrected chi connectivity index (χ0v) is 9.21. The second-order valence-electron chi connectivity index (χ2n) is 3.92. The summed E-state index contributed by atoms with van der Waals surface area (Å²) in [5.41, 5.74) is 3.31. The average Bonchev–Trinajstić information content (AvgIpc) is 2.40. The van der Waals surface area contributed by atoms with Gasteiger partial charge in [-0.1, -0.05) is 12.1 Å². The van der Waals surface area contributed by atoms with E-state index in [1.165, 1.54) is 5.56 Å². The lowest BCUT2D eigenvalue weighted by molar-refractivity contribution is -0.116. The monoisotopic (exact) mass is 204 g/mol. The van der Waals surface area contributed by atoms with Gasteiger partial charge in [0, 0.05) is 20.0 Å². The Balaban J connectivity index is 2.49. The third-order valence-electron chi connectivity index (χ3n) is 2.78. The number of nitrogens with one attached hydrogen (secondary N) is 1. The summed E-state index contributed by atoms with van der Waals surface area (Å²) in [6, 6.07) is 6.06. The van der Waals surface area contributed by atoms with Crippen LogP contribution in [0.5, 0.6) is 0 Å². The van der Waals surface area contributed by atoms with Crippen molar-refractivity contribution < 1.29 is 4.79 Å². The first kappa shape index (κ1) is 10.0. The van der Waals surface area contributed by atoms with Gasteiger partial charge >= 0.3 is 0 Å². The Morgan fingerprint density at radius 1 is 1.47 bits per heavy atom. The number of carbonyl (C=O) groups excluding carboxylic acids is 1. The van der Waals surface area contributed by atoms with Crippen LogP contribution in [0, 0.1) is 6.92 Å². The number of hydrogen-bond donors (Lipinski definition) is 1. The maximum atomic E-state index is 11.5. The molecule has 0 aromatic heterocycles. The van der Waals surface area contributed by atoms with Crippen molar-refractivity contribution in [3.63, 3.8) is 0 Å². The lowest BCUT2D eigenvalue weighted by Gasteiger charge is -2.21. The topological polar surface area (TPSA) is 32.3 Å². The zero-order valence-electron chi connectivity index (χ0n) is 9.21. The first-order chi connectivity index (χ1) is 7.20. The van der Waals surface area contributed by atoms with Crippen LogP contribution in [0.2, 0.25) is 0 Å². The van der Waals surface area contributed by atoms with Gasteiger partial charge in [-0.05, 0) is 25.0 Å². The standard InChI is InChI=1S/C12H16N2O/c1-9-5-3-6-11-12(9)13-7-4-8-14(11)10(2)15/h3,5-6,13H,4,7-8H2,1-2H3. The number of nitrogens with zero attached hydrogens (tertiary/aromatic N) is 1. The van der Waals surface area contributed by atoms with Crippen molar-refractivity contribution in [2.24, 2.45) is 0 Å². The van der Waals surface area contributed by atoms with Crippen LogP contribution in [0.15, 0.2) is 18.2 Å². The van der Waals surface area contributed by atoms with Gasteiger partial charge in [0.2, 0.25) is 5.91 Å². The highest BCUT2D eigenvalue weighted by molar-refractivity contribution is 5.96. The first-order valence-electron chi connectivity index (χ1n) is 5.32. The fourth-order valence-electron chi connectivity index (χ4n) is 2.01. The number of hydrogen-bond acceptors (Lipinski definition) is 2. The Hall–Kier alpha value is -1.51. The molecule has 1 aromatic carbocycles. The van der Waals surface area contributed by atoms with Crippen LogP contribution >= 0.6 is 0 Å². The van der Waals surface area contributed by atoms with E-state index in [0.29, 0.717) is 0 Å². The fraction of sp³-hybridized carbons (Fsp3) is 0.417. The molecule has 0 atom stereocenters. The van der Waals surface area contributed by atoms with Crippen molar-refractivity contribution in [3.8, 4) is 0 Å². The zero-order chi connectivity index (χ0) is 10.8. The molecule has 1 amide bonds. The predicted octanol–water partition coefficient (Wildman–Crippen LogP) is 2.16. The summed E-state index contributed by atoms with van der Waals surface area (Å²) >= 11 is 0. The Labute approximate surface area is 90.1 Å². The predicted molar refractivity (Wildman–Crippen MR) is 62.3 cm³/mol. The van der Waals surface area contributed by atoms with Crippen molar-refractivity contribution >= 4 is 17.3 Å². The first-order valence-corrected chi connectivity index (χ1v) is 5.32. The second kappa shape index (κ2) is 3.93. The molecule has 0 unspecified atom stereocenters. The lowest BCUT2D eigenvalue weighted by Crippen LogP contribution is -2.28. The number of fused-ring (bicyclic) bond motifs is 1. The van der Waals surface area contributed by atoms with E-state index in [1.807, 2.05) is 17.0 Å². The highest BCUT2D eigenvalue weighted by atomic mass is 16.2. The van der Waals surface area contributed by atoms with Crippen molar-refractivity contribution in [2.45, 2.75) is 20.3 Å². The normalized spacial score (nSPS) is 15.2. The Kier molecular flexibility index (Phi) is 2.62. The minimum absolute atomic E-state index is 0.116. The molecular weight excluding hydrogens is 188 g/mol. The van der Waals surface area contributed by atoms with Crippen LogP contribution in [0.4, 0.5) is 11.4 Å². The van der Waals surface area contributed by atoms with Crippen molar-refractivity contribution in [1.82, 2.24) is 0 Å². The molecule has 1 aliphatic rings. The highest BCUT2D eigenvalue weighted by Crippen LogP contribution is 2.31. The molecule has 3 heteroatoms. The Morgan fingerprint density at radius 3 is 3.00 bits per heavy atom. The summed E-state index contributed by atoms with van der Waals surface area (Å²) in [5, 5.41) is 3.38. The fourth-order valence-corrected chi connectivity index (χ4v) is 2.01. The van der Waals surface area contributed by atoms with Crippen molar-refractivity contribution in [2.75, 3.05) is 23.3 Å². The molecule has 0 spiro atoms. The number of anilines is 2. The number of rotatable bonds is 0. The van der Waals surface area contributed by atoms with E-state index in [1.54, 1.807) is 6.92 Å². The summed E-state index contributed by atoms with van der Waals surface area (Å²) in [4.78, 5) is 13.4. The SMILES string of the molecule is CC(=O)N1CCCNc2c(C)cccc21. The largest absolute Gasteiger partial charge is 0.383 e. The van der Waals surface area contributed by atoms with E-state index in [9.17, 15) is 4.79 Å². The minimum atomic E-state index is 0.116. The third-order valence-corrected chi connectivity index (χ3v) is 2.78. The molecule has 3 nitrogen and oxygen atoms in total. The van der Waals surface area contributed by atoms with E-state index in [0.717, 1.165) is 30.9 Å². The summed E-state index contributed by atoms with van der Waals surface area (Å²) in [6.07, 6.45) is 0.994. The van der Waals surface area contributed by atoms with Gasteiger partial charge in [-0.2, -0.15) is 0 Å². The molecule has 0 fully saturated rings. The van der Waals surface area contributed by atoms with Crippen molar-refractivity contribution in [1.29, 1.82) is 0 Å². The molecule has 0 radical (unpaired) electrons. The van der Waals surface area contributed by atoms with Gasteiger partial charge in [-0.3, -0.25) is 4.79 Å². The third kappa shape index (κ3) is 1.82. The quantitative estimate of drug-likeness (QED) is 0.702. The lowest BCUT2D eigenvalue weighted by atomic mass is 10.1. The van der Waals surface area contributed by atoms with Crippen LogP contribution in [0.3, 0.4) is 0 Å². The van der Waals surface area contributed by atoms with E-state index in [4.69, 9.17) is 0 Å². The maximum absolute atomic E-state index is 11.5. The molecule has 0 aliphatic carbocycles. The number of carbonyl (C=O) groups is 1. The number of amides is 1. The summed E-state index contributed by atoms with van der Waals surface area (Å²) in [5.74, 6) is 0.116. The van der Waals surface area contributed by atoms with E-state index in [2.05, 4.69) is 18.3 Å². The molecule has 0 saturated carbocycles. The molecule has 1 N–H and O–H groups in total. The van der Waals surface area contributed by atoms with Crippen LogP contribution in [0.25, 0.3) is 0 Å². The molecule has 1 aromatic rings. The summed E-state index contributed by atoms with van der Waals surface area (Å²) in [7, 11) is 0. The molecular formula is C12H16N2O. The smallest absolute Gasteiger partial charge is 0.223 e. The molecule has 15 heavy (non-hydrogen) atoms. The van der Waals surface area contributed by atoms with Crippen LogP contribution < -0.4 is 10.2 Å². The molecule has 80 valence electrons. The van der Waals surface area contributed by atoms with Gasteiger partial charge in [0.25, 0.3) is 0 Å². The molecule has 2 rings (SSSR count). The van der Waals surface area contributed by atoms with Gasteiger partial charge in [0.05, 0.1) is 11.4 Å². The summed E-state index contributed by atoms with van der Waals surface area (Å²) < 4.78 is 0. The highest BCUT2D eigenvalue weighted by Gasteiger charge is 2.18. The van der Waals surface area contributed by atoms with Crippen LogP contribution in [-0.4, -0.2) is 19.0 Å². The van der Waals surface area contributed by atoms with Gasteiger partial charge in [0.15, 0.2) is 0 Å². The minimum Gasteiger partial charge on any atom is -0.383 e. The van der Waals surface area contributed by atoms with Gasteiger partial charge in [0.1, 0.15) is 0 Å². The summed E-state index contributed by atoms with van der Waals surface area (Å²) in [6.45, 7) is 5.42. The molecule has 1 aliphatic heterocycles. The molecule has 0 saturated heterocycles. The van der Waals surface area contributed by atoms with Gasteiger partial charge < -0.3 is 10.2 Å².